The zero-order valence-corrected chi connectivity index (χ0v) is 15.3. The van der Waals surface area contributed by atoms with Gasteiger partial charge in [0.1, 0.15) is 0 Å². The van der Waals surface area contributed by atoms with E-state index in [-0.39, 0.29) is 17.9 Å². The number of carbonyl (C=O) groups excluding carboxylic acids is 2. The molecular formula is C19H25N5O2. The summed E-state index contributed by atoms with van der Waals surface area (Å²) in [5.41, 5.74) is 2.97. The Kier molecular flexibility index (Phi) is 5.65. The number of aromatic nitrogens is 3. The highest BCUT2D eigenvalue weighted by Gasteiger charge is 2.29. The number of hydrogen-bond acceptors (Lipinski definition) is 4. The lowest BCUT2D eigenvalue weighted by molar-refractivity contribution is -0.132. The minimum absolute atomic E-state index is 0.0787. The maximum absolute atomic E-state index is 12.8. The quantitative estimate of drug-likeness (QED) is 0.856. The summed E-state index contributed by atoms with van der Waals surface area (Å²) in [6.45, 7) is 2.69. The number of carbonyl (C=O) groups is 2. The SMILES string of the molecule is CC(=O)NCc1cc(C2CCCN2C(=O)CCc2ccnn2C)ccn1. The summed E-state index contributed by atoms with van der Waals surface area (Å²) in [5, 5.41) is 6.91. The molecule has 1 saturated heterocycles. The van der Waals surface area contributed by atoms with Gasteiger partial charge in [-0.1, -0.05) is 0 Å². The first-order valence-electron chi connectivity index (χ1n) is 9.00. The van der Waals surface area contributed by atoms with E-state index in [1.54, 1.807) is 12.4 Å². The Balaban J connectivity index is 1.65. The van der Waals surface area contributed by atoms with Crippen LogP contribution < -0.4 is 5.32 Å². The monoisotopic (exact) mass is 355 g/mol. The predicted octanol–water partition coefficient (Wildman–Crippen LogP) is 1.75. The van der Waals surface area contributed by atoms with E-state index in [2.05, 4.69) is 15.4 Å². The van der Waals surface area contributed by atoms with Gasteiger partial charge in [-0.15, -0.1) is 0 Å². The first-order chi connectivity index (χ1) is 12.5. The Morgan fingerprint density at radius 1 is 1.31 bits per heavy atom. The molecule has 0 aromatic carbocycles. The summed E-state index contributed by atoms with van der Waals surface area (Å²) in [4.78, 5) is 30.1. The standard InChI is InChI=1S/C19H25N5O2/c1-14(25)21-13-16-12-15(7-9-20-16)18-4-3-11-24(18)19(26)6-5-17-8-10-22-23(17)2/h7-10,12,18H,3-6,11,13H2,1-2H3,(H,21,25). The Hall–Kier alpha value is -2.70. The second kappa shape index (κ2) is 8.12. The maximum atomic E-state index is 12.8. The number of amides is 2. The molecule has 1 atom stereocenters. The van der Waals surface area contributed by atoms with Crippen LogP contribution in [-0.2, 0) is 29.6 Å². The van der Waals surface area contributed by atoms with Gasteiger partial charge < -0.3 is 10.2 Å². The average molecular weight is 355 g/mol. The molecule has 0 bridgehead atoms. The number of rotatable bonds is 6. The van der Waals surface area contributed by atoms with Crippen molar-refractivity contribution in [2.24, 2.45) is 7.05 Å². The first-order valence-corrected chi connectivity index (χ1v) is 9.00. The van der Waals surface area contributed by atoms with Crippen molar-refractivity contribution in [3.63, 3.8) is 0 Å². The highest BCUT2D eigenvalue weighted by Crippen LogP contribution is 2.32. The third kappa shape index (κ3) is 4.28. The number of likely N-dealkylation sites (tertiary alicyclic amines) is 1. The van der Waals surface area contributed by atoms with E-state index in [0.29, 0.717) is 19.4 Å². The molecular weight excluding hydrogens is 330 g/mol. The molecule has 2 amide bonds. The number of hydrogen-bond donors (Lipinski definition) is 1. The van der Waals surface area contributed by atoms with E-state index < -0.39 is 0 Å². The third-order valence-corrected chi connectivity index (χ3v) is 4.83. The van der Waals surface area contributed by atoms with Crippen LogP contribution in [0.15, 0.2) is 30.6 Å². The van der Waals surface area contributed by atoms with Gasteiger partial charge in [0.05, 0.1) is 18.3 Å². The molecule has 3 heterocycles. The highest BCUT2D eigenvalue weighted by molar-refractivity contribution is 5.77. The molecule has 0 radical (unpaired) electrons. The fourth-order valence-corrected chi connectivity index (χ4v) is 3.45. The van der Waals surface area contributed by atoms with Gasteiger partial charge in [-0.05, 0) is 43.0 Å². The lowest BCUT2D eigenvalue weighted by Crippen LogP contribution is -2.31. The van der Waals surface area contributed by atoms with E-state index in [9.17, 15) is 9.59 Å². The van der Waals surface area contributed by atoms with Crippen molar-refractivity contribution in [1.82, 2.24) is 25.0 Å². The normalized spacial score (nSPS) is 16.7. The number of nitrogens with zero attached hydrogens (tertiary/aromatic N) is 4. The van der Waals surface area contributed by atoms with Crippen molar-refractivity contribution < 1.29 is 9.59 Å². The van der Waals surface area contributed by atoms with E-state index in [4.69, 9.17) is 0 Å². The van der Waals surface area contributed by atoms with Crippen LogP contribution in [0.3, 0.4) is 0 Å². The van der Waals surface area contributed by atoms with Crippen LogP contribution in [0, 0.1) is 0 Å². The van der Waals surface area contributed by atoms with E-state index >= 15 is 0 Å². The highest BCUT2D eigenvalue weighted by atomic mass is 16.2. The molecule has 138 valence electrons. The molecule has 0 aliphatic carbocycles. The van der Waals surface area contributed by atoms with E-state index in [1.807, 2.05) is 34.8 Å². The minimum Gasteiger partial charge on any atom is -0.351 e. The Morgan fingerprint density at radius 2 is 2.15 bits per heavy atom. The van der Waals surface area contributed by atoms with Crippen LogP contribution in [0.25, 0.3) is 0 Å². The van der Waals surface area contributed by atoms with Crippen LogP contribution in [0.4, 0.5) is 0 Å². The molecule has 3 rings (SSSR count). The third-order valence-electron chi connectivity index (χ3n) is 4.83. The van der Waals surface area contributed by atoms with E-state index in [0.717, 1.165) is 36.3 Å². The van der Waals surface area contributed by atoms with Crippen molar-refractivity contribution in [3.05, 3.63) is 47.5 Å². The van der Waals surface area contributed by atoms with Crippen molar-refractivity contribution in [2.75, 3.05) is 6.54 Å². The van der Waals surface area contributed by atoms with Gasteiger partial charge in [0.15, 0.2) is 0 Å². The van der Waals surface area contributed by atoms with Gasteiger partial charge in [-0.3, -0.25) is 19.3 Å². The van der Waals surface area contributed by atoms with Crippen LogP contribution in [-0.4, -0.2) is 38.0 Å². The smallest absolute Gasteiger partial charge is 0.223 e. The van der Waals surface area contributed by atoms with Crippen molar-refractivity contribution in [2.45, 2.75) is 45.2 Å². The lowest BCUT2D eigenvalue weighted by atomic mass is 10.0. The maximum Gasteiger partial charge on any atom is 0.223 e. The summed E-state index contributed by atoms with van der Waals surface area (Å²) in [7, 11) is 1.89. The molecule has 1 unspecified atom stereocenters. The summed E-state index contributed by atoms with van der Waals surface area (Å²) in [6, 6.07) is 6.00. The Labute approximate surface area is 153 Å². The largest absolute Gasteiger partial charge is 0.351 e. The van der Waals surface area contributed by atoms with Gasteiger partial charge in [-0.2, -0.15) is 5.10 Å². The fraction of sp³-hybridized carbons (Fsp3) is 0.474. The van der Waals surface area contributed by atoms with Gasteiger partial charge in [0, 0.05) is 45.0 Å². The average Bonchev–Trinajstić information content (AvgIpc) is 3.27. The topological polar surface area (TPSA) is 80.1 Å². The summed E-state index contributed by atoms with van der Waals surface area (Å²) in [6.07, 6.45) is 6.66. The second-order valence-electron chi connectivity index (χ2n) is 6.68. The molecule has 1 aliphatic rings. The summed E-state index contributed by atoms with van der Waals surface area (Å²) < 4.78 is 1.81. The van der Waals surface area contributed by atoms with Crippen LogP contribution in [0.2, 0.25) is 0 Å². The molecule has 26 heavy (non-hydrogen) atoms. The van der Waals surface area contributed by atoms with Crippen LogP contribution in [0.1, 0.15) is 49.2 Å². The summed E-state index contributed by atoms with van der Waals surface area (Å²) in [5.74, 6) is 0.0963. The summed E-state index contributed by atoms with van der Waals surface area (Å²) >= 11 is 0. The second-order valence-corrected chi connectivity index (χ2v) is 6.68. The molecule has 7 heteroatoms. The predicted molar refractivity (Wildman–Crippen MR) is 97.0 cm³/mol. The molecule has 7 nitrogen and oxygen atoms in total. The first kappa shape index (κ1) is 18.1. The van der Waals surface area contributed by atoms with E-state index in [1.165, 1.54) is 6.92 Å². The number of nitrogens with one attached hydrogen (secondary N) is 1. The number of pyridine rings is 1. The Bertz CT molecular complexity index is 786. The fourth-order valence-electron chi connectivity index (χ4n) is 3.45. The Morgan fingerprint density at radius 3 is 2.88 bits per heavy atom. The van der Waals surface area contributed by atoms with Crippen molar-refractivity contribution >= 4 is 11.8 Å². The van der Waals surface area contributed by atoms with Gasteiger partial charge in [-0.25, -0.2) is 0 Å². The van der Waals surface area contributed by atoms with Gasteiger partial charge in [0.2, 0.25) is 11.8 Å². The molecule has 2 aromatic rings. The molecule has 0 spiro atoms. The molecule has 1 fully saturated rings. The van der Waals surface area contributed by atoms with Crippen LogP contribution in [0.5, 0.6) is 0 Å². The van der Waals surface area contributed by atoms with Crippen LogP contribution >= 0.6 is 0 Å². The molecule has 2 aromatic heterocycles. The molecule has 1 N–H and O–H groups in total. The minimum atomic E-state index is -0.0787. The zero-order chi connectivity index (χ0) is 18.5. The van der Waals surface area contributed by atoms with Crippen molar-refractivity contribution in [1.29, 1.82) is 0 Å². The molecule has 1 aliphatic heterocycles. The number of aryl methyl sites for hydroxylation is 2. The van der Waals surface area contributed by atoms with Gasteiger partial charge >= 0.3 is 0 Å². The van der Waals surface area contributed by atoms with Gasteiger partial charge in [0.25, 0.3) is 0 Å². The zero-order valence-electron chi connectivity index (χ0n) is 15.3. The lowest BCUT2D eigenvalue weighted by Gasteiger charge is -2.25. The van der Waals surface area contributed by atoms with Crippen molar-refractivity contribution in [3.8, 4) is 0 Å². The molecule has 0 saturated carbocycles.